The number of carbonyl (C=O) groups excluding carboxylic acids is 1. The number of nitrogens with zero attached hydrogens (tertiary/aromatic N) is 1. The van der Waals surface area contributed by atoms with Crippen molar-refractivity contribution in [3.63, 3.8) is 0 Å². The molecule has 2 N–H and O–H groups in total. The molecular weight excluding hydrogens is 436 g/mol. The van der Waals surface area contributed by atoms with Crippen molar-refractivity contribution < 1.29 is 18.3 Å². The average Bonchev–Trinajstić information content (AvgIpc) is 3.25. The molecule has 4 heterocycles. The number of thiophene rings is 1. The molecule has 30 heavy (non-hydrogen) atoms. The van der Waals surface area contributed by atoms with Crippen molar-refractivity contribution in [3.8, 4) is 0 Å². The second-order valence-electron chi connectivity index (χ2n) is 7.12. The number of fused-ring (bicyclic) bond motifs is 4. The van der Waals surface area contributed by atoms with E-state index in [4.69, 9.17) is 16.3 Å². The molecule has 1 aliphatic heterocycles. The van der Waals surface area contributed by atoms with E-state index in [0.717, 1.165) is 22.3 Å². The van der Waals surface area contributed by atoms with Gasteiger partial charge in [0.25, 0.3) is 11.5 Å². The van der Waals surface area contributed by atoms with Crippen molar-refractivity contribution in [3.05, 3.63) is 67.5 Å². The molecule has 1 aliphatic rings. The van der Waals surface area contributed by atoms with Crippen molar-refractivity contribution >= 4 is 49.8 Å². The number of hydrogen-bond donors (Lipinski definition) is 2. The molecule has 1 atom stereocenters. The first-order valence-corrected chi connectivity index (χ1v) is 10.2. The fourth-order valence-electron chi connectivity index (χ4n) is 3.89. The molecule has 0 bridgehead atoms. The molecule has 0 saturated heterocycles. The van der Waals surface area contributed by atoms with Gasteiger partial charge in [-0.05, 0) is 29.7 Å². The molecule has 0 unspecified atom stereocenters. The summed E-state index contributed by atoms with van der Waals surface area (Å²) in [6, 6.07) is 4.74. The Balaban J connectivity index is 1.61. The van der Waals surface area contributed by atoms with E-state index >= 15 is 0 Å². The van der Waals surface area contributed by atoms with E-state index in [0.29, 0.717) is 21.3 Å². The van der Waals surface area contributed by atoms with Crippen LogP contribution in [0, 0.1) is 11.6 Å². The average molecular weight is 450 g/mol. The molecule has 0 fully saturated rings. The highest BCUT2D eigenvalue weighted by atomic mass is 35.5. The van der Waals surface area contributed by atoms with E-state index in [2.05, 4.69) is 9.97 Å². The minimum Gasteiger partial charge on any atom is -0.373 e. The number of H-pyrrole nitrogens is 2. The van der Waals surface area contributed by atoms with Gasteiger partial charge in [-0.25, -0.2) is 8.78 Å². The zero-order chi connectivity index (χ0) is 21.2. The highest BCUT2D eigenvalue weighted by Crippen LogP contribution is 2.35. The monoisotopic (exact) mass is 449 g/mol. The van der Waals surface area contributed by atoms with Gasteiger partial charge in [-0.1, -0.05) is 11.6 Å². The number of pyridine rings is 1. The van der Waals surface area contributed by atoms with E-state index in [1.165, 1.54) is 16.2 Å². The summed E-state index contributed by atoms with van der Waals surface area (Å²) in [7, 11) is 1.60. The maximum absolute atomic E-state index is 14.0. The van der Waals surface area contributed by atoms with Crippen LogP contribution in [0.5, 0.6) is 0 Å². The van der Waals surface area contributed by atoms with E-state index in [-0.39, 0.29) is 29.9 Å². The third-order valence-electron chi connectivity index (χ3n) is 5.33. The van der Waals surface area contributed by atoms with Gasteiger partial charge in [0, 0.05) is 18.3 Å². The Bertz CT molecular complexity index is 1360. The van der Waals surface area contributed by atoms with Crippen molar-refractivity contribution in [2.45, 2.75) is 12.6 Å². The van der Waals surface area contributed by atoms with E-state index in [9.17, 15) is 18.4 Å². The van der Waals surface area contributed by atoms with Gasteiger partial charge in [-0.3, -0.25) is 9.59 Å². The molecule has 6 nitrogen and oxygen atoms in total. The van der Waals surface area contributed by atoms with Gasteiger partial charge in [0.05, 0.1) is 39.2 Å². The largest absolute Gasteiger partial charge is 0.373 e. The quantitative estimate of drug-likeness (QED) is 0.477. The van der Waals surface area contributed by atoms with Crippen LogP contribution >= 0.6 is 22.9 Å². The Labute approximate surface area is 177 Å². The van der Waals surface area contributed by atoms with Gasteiger partial charge in [-0.2, -0.15) is 0 Å². The summed E-state index contributed by atoms with van der Waals surface area (Å²) in [5, 5.41) is 0.287. The number of nitrogens with one attached hydrogen (secondary N) is 2. The fraction of sp³-hybridized carbons (Fsp3) is 0.200. The fourth-order valence-corrected chi connectivity index (χ4v) is 5.03. The van der Waals surface area contributed by atoms with Crippen molar-refractivity contribution in [1.82, 2.24) is 14.9 Å². The van der Waals surface area contributed by atoms with Gasteiger partial charge in [0.1, 0.15) is 5.69 Å². The summed E-state index contributed by atoms with van der Waals surface area (Å²) in [6.07, 6.45) is 0. The second-order valence-corrected chi connectivity index (χ2v) is 8.83. The van der Waals surface area contributed by atoms with E-state index < -0.39 is 23.2 Å². The SMILES string of the molecule is CN(C(=O)c1cc2sc(Cl)cc2[nH]1)[C@@H]1COCc2[nH]c(=O)c3cc(F)c(F)cc3c21. The van der Waals surface area contributed by atoms with Crippen molar-refractivity contribution in [2.75, 3.05) is 13.7 Å². The summed E-state index contributed by atoms with van der Waals surface area (Å²) >= 11 is 7.34. The number of aromatic nitrogens is 2. The van der Waals surface area contributed by atoms with Gasteiger partial charge < -0.3 is 19.6 Å². The third-order valence-corrected chi connectivity index (χ3v) is 6.54. The predicted molar refractivity (Wildman–Crippen MR) is 110 cm³/mol. The summed E-state index contributed by atoms with van der Waals surface area (Å²) in [6.45, 7) is 0.255. The van der Waals surface area contributed by atoms with Crippen LogP contribution in [0.2, 0.25) is 4.34 Å². The molecule has 0 spiro atoms. The number of amides is 1. The lowest BCUT2D eigenvalue weighted by molar-refractivity contribution is 0.0333. The van der Waals surface area contributed by atoms with Crippen LogP contribution in [-0.4, -0.2) is 34.4 Å². The Morgan fingerprint density at radius 2 is 1.93 bits per heavy atom. The Morgan fingerprint density at radius 3 is 2.67 bits per heavy atom. The van der Waals surface area contributed by atoms with E-state index in [1.54, 1.807) is 19.2 Å². The molecule has 4 aromatic rings. The van der Waals surface area contributed by atoms with Crippen molar-refractivity contribution in [2.24, 2.45) is 0 Å². The zero-order valence-corrected chi connectivity index (χ0v) is 17.1. The molecule has 10 heteroatoms. The minimum absolute atomic E-state index is 0.0235. The van der Waals surface area contributed by atoms with Gasteiger partial charge in [-0.15, -0.1) is 11.3 Å². The van der Waals surface area contributed by atoms with Crippen LogP contribution in [-0.2, 0) is 11.3 Å². The lowest BCUT2D eigenvalue weighted by atomic mass is 9.95. The molecular formula is C20H14ClF2N3O3S. The lowest BCUT2D eigenvalue weighted by Gasteiger charge is -2.33. The van der Waals surface area contributed by atoms with Crippen LogP contribution in [0.15, 0.2) is 29.1 Å². The molecule has 3 aromatic heterocycles. The van der Waals surface area contributed by atoms with Crippen LogP contribution in [0.1, 0.15) is 27.8 Å². The molecule has 5 rings (SSSR count). The summed E-state index contributed by atoms with van der Waals surface area (Å²) in [5.41, 5.74) is 1.57. The van der Waals surface area contributed by atoms with Gasteiger partial charge >= 0.3 is 0 Å². The molecule has 154 valence electrons. The molecule has 0 aliphatic carbocycles. The molecule has 0 radical (unpaired) electrons. The topological polar surface area (TPSA) is 78.2 Å². The zero-order valence-electron chi connectivity index (χ0n) is 15.5. The van der Waals surface area contributed by atoms with Crippen LogP contribution < -0.4 is 5.56 Å². The lowest BCUT2D eigenvalue weighted by Crippen LogP contribution is -2.37. The first-order chi connectivity index (χ1) is 14.3. The second kappa shape index (κ2) is 6.90. The number of likely N-dealkylation sites (N-methyl/N-ethyl adjacent to an activating group) is 1. The number of benzene rings is 1. The number of carbonyl (C=O) groups is 1. The predicted octanol–water partition coefficient (Wildman–Crippen LogP) is 4.35. The standard InChI is InChI=1S/C20H14ClF2N3O3S/c1-26(20(28)13-4-16-12(24-13)5-17(21)30-16)15-7-29-6-14-18(15)8-2-10(22)11(23)3-9(8)19(27)25-14/h2-5,15,24H,6-7H2,1H3,(H,25,27)/t15-/m1/s1. The first-order valence-electron chi connectivity index (χ1n) is 9.00. The summed E-state index contributed by atoms with van der Waals surface area (Å²) in [5.74, 6) is -2.47. The Morgan fingerprint density at radius 1 is 1.20 bits per heavy atom. The van der Waals surface area contributed by atoms with Crippen LogP contribution in [0.4, 0.5) is 8.78 Å². The van der Waals surface area contributed by atoms with Crippen LogP contribution in [0.3, 0.4) is 0 Å². The highest BCUT2D eigenvalue weighted by molar-refractivity contribution is 7.22. The van der Waals surface area contributed by atoms with Gasteiger partial charge in [0.15, 0.2) is 11.6 Å². The minimum atomic E-state index is -1.11. The van der Waals surface area contributed by atoms with E-state index in [1.807, 2.05) is 0 Å². The van der Waals surface area contributed by atoms with Gasteiger partial charge in [0.2, 0.25) is 0 Å². The number of rotatable bonds is 2. The molecule has 1 amide bonds. The summed E-state index contributed by atoms with van der Waals surface area (Å²) < 4.78 is 34.8. The number of aromatic amines is 2. The maximum Gasteiger partial charge on any atom is 0.270 e. The third kappa shape index (κ3) is 2.92. The normalized spacial score (nSPS) is 16.2. The first kappa shape index (κ1) is 19.2. The number of hydrogen-bond acceptors (Lipinski definition) is 4. The van der Waals surface area contributed by atoms with Crippen LogP contribution in [0.25, 0.3) is 21.0 Å². The maximum atomic E-state index is 14.0. The highest BCUT2D eigenvalue weighted by Gasteiger charge is 2.32. The molecule has 1 aromatic carbocycles. The Hall–Kier alpha value is -2.75. The molecule has 0 saturated carbocycles. The number of ether oxygens (including phenoxy) is 1. The van der Waals surface area contributed by atoms with Crippen molar-refractivity contribution in [1.29, 1.82) is 0 Å². The summed E-state index contributed by atoms with van der Waals surface area (Å²) in [4.78, 5) is 32.7. The number of halogens is 3. The Kier molecular flexibility index (Phi) is 4.42. The smallest absolute Gasteiger partial charge is 0.270 e.